The maximum atomic E-state index is 15.2. The molecule has 2 aliphatic heterocycles. The summed E-state index contributed by atoms with van der Waals surface area (Å²) in [5, 5.41) is 0. The minimum Gasteiger partial charge on any atom is -0.306 e. The summed E-state index contributed by atoms with van der Waals surface area (Å²) in [7, 11) is -3.38. The lowest BCUT2D eigenvalue weighted by molar-refractivity contribution is -0.116. The van der Waals surface area contributed by atoms with E-state index in [1.54, 1.807) is 4.90 Å². The second-order valence-corrected chi connectivity index (χ2v) is 12.0. The molecule has 1 atom stereocenters. The van der Waals surface area contributed by atoms with Crippen LogP contribution in [-0.4, -0.2) is 24.7 Å². The van der Waals surface area contributed by atoms with Crippen LogP contribution in [0, 0.1) is 0 Å². The normalized spacial score (nSPS) is 20.4. The molecule has 1 unspecified atom stereocenters. The summed E-state index contributed by atoms with van der Waals surface area (Å²) in [5.74, 6) is -0.158. The number of rotatable bonds is 4. The predicted octanol–water partition coefficient (Wildman–Crippen LogP) is 6.68. The molecule has 7 heteroatoms. The Bertz CT molecular complexity index is 1170. The Hall–Kier alpha value is -2.82. The highest BCUT2D eigenvalue weighted by molar-refractivity contribution is 9.10. The van der Waals surface area contributed by atoms with Crippen LogP contribution in [0.2, 0.25) is 0 Å². The first-order chi connectivity index (χ1) is 16.0. The average Bonchev–Trinajstić information content (AvgIpc) is 3.15. The number of amides is 1. The van der Waals surface area contributed by atoms with Gasteiger partial charge in [0, 0.05) is 46.7 Å². The van der Waals surface area contributed by atoms with E-state index in [2.05, 4.69) is 22.5 Å². The second kappa shape index (κ2) is 8.85. The molecule has 0 spiro atoms. The standard InChI is InChI=1S/C26H25BrN3O2P/c1-20-19-25(26(31)30(20)24-15-13-21(27)14-16-24)33(32)28(22-9-4-2-5-10-22)17-8-18-29(33)23-11-6-3-7-12-23/h2-7,9-16,25H,1,8,17-19H2. The number of hydrogen-bond acceptors (Lipinski definition) is 2. The van der Waals surface area contributed by atoms with Gasteiger partial charge >= 0.3 is 0 Å². The Balaban J connectivity index is 1.61. The third kappa shape index (κ3) is 3.81. The Morgan fingerprint density at radius 2 is 1.30 bits per heavy atom. The molecule has 5 nitrogen and oxygen atoms in total. The Labute approximate surface area is 202 Å². The summed E-state index contributed by atoms with van der Waals surface area (Å²) < 4.78 is 20.1. The zero-order chi connectivity index (χ0) is 23.0. The van der Waals surface area contributed by atoms with Crippen LogP contribution in [0.3, 0.4) is 0 Å². The smallest absolute Gasteiger partial charge is 0.275 e. The lowest BCUT2D eigenvalue weighted by Gasteiger charge is -2.47. The van der Waals surface area contributed by atoms with E-state index in [0.29, 0.717) is 25.2 Å². The van der Waals surface area contributed by atoms with Gasteiger partial charge in [0.1, 0.15) is 5.66 Å². The summed E-state index contributed by atoms with van der Waals surface area (Å²) >= 11 is 3.45. The SMILES string of the molecule is C=C1CC(P2(=O)N(c3ccccc3)CCCN2c2ccccc2)C(=O)N1c1ccc(Br)cc1. The number of benzene rings is 3. The average molecular weight is 522 g/mol. The van der Waals surface area contributed by atoms with Crippen LogP contribution >= 0.6 is 23.4 Å². The molecule has 33 heavy (non-hydrogen) atoms. The first-order valence-electron chi connectivity index (χ1n) is 11.0. The van der Waals surface area contributed by atoms with Crippen LogP contribution in [0.25, 0.3) is 0 Å². The third-order valence-electron chi connectivity index (χ3n) is 6.28. The summed E-state index contributed by atoms with van der Waals surface area (Å²) in [6, 6.07) is 27.2. The molecular weight excluding hydrogens is 497 g/mol. The molecule has 0 saturated carbocycles. The van der Waals surface area contributed by atoms with Gasteiger partial charge in [-0.1, -0.05) is 58.9 Å². The van der Waals surface area contributed by atoms with Gasteiger partial charge in [0.25, 0.3) is 7.44 Å². The number of para-hydroxylation sites is 2. The highest BCUT2D eigenvalue weighted by Gasteiger charge is 2.54. The van der Waals surface area contributed by atoms with Crippen molar-refractivity contribution in [2.75, 3.05) is 27.3 Å². The van der Waals surface area contributed by atoms with Crippen molar-refractivity contribution in [2.24, 2.45) is 0 Å². The molecule has 0 aliphatic carbocycles. The quantitative estimate of drug-likeness (QED) is 0.359. The molecule has 0 radical (unpaired) electrons. The van der Waals surface area contributed by atoms with Crippen LogP contribution in [-0.2, 0) is 9.36 Å². The lowest BCUT2D eigenvalue weighted by Crippen LogP contribution is -2.45. The number of anilines is 3. The zero-order valence-corrected chi connectivity index (χ0v) is 20.7. The van der Waals surface area contributed by atoms with Crippen LogP contribution in [0.1, 0.15) is 12.8 Å². The van der Waals surface area contributed by atoms with Crippen LogP contribution < -0.4 is 14.2 Å². The molecule has 1 amide bonds. The fourth-order valence-corrected chi connectivity index (χ4v) is 8.62. The van der Waals surface area contributed by atoms with E-state index in [1.807, 2.05) is 94.3 Å². The Morgan fingerprint density at radius 3 is 1.82 bits per heavy atom. The first kappa shape index (κ1) is 22.0. The summed E-state index contributed by atoms with van der Waals surface area (Å²) in [5.41, 5.74) is 2.48. The van der Waals surface area contributed by atoms with Gasteiger partial charge < -0.3 is 9.34 Å². The van der Waals surface area contributed by atoms with Gasteiger partial charge in [0.2, 0.25) is 5.91 Å². The molecule has 2 fully saturated rings. The molecule has 168 valence electrons. The molecular formula is C26H25BrN3O2P. The molecule has 5 rings (SSSR count). The van der Waals surface area contributed by atoms with Crippen molar-refractivity contribution in [1.82, 2.24) is 0 Å². The van der Waals surface area contributed by atoms with E-state index in [-0.39, 0.29) is 5.91 Å². The maximum Gasteiger partial charge on any atom is 0.275 e. The molecule has 2 heterocycles. The van der Waals surface area contributed by atoms with Crippen molar-refractivity contribution in [3.05, 3.63) is 102 Å². The summed E-state index contributed by atoms with van der Waals surface area (Å²) in [4.78, 5) is 15.5. The minimum absolute atomic E-state index is 0.158. The number of hydrogen-bond donors (Lipinski definition) is 0. The van der Waals surface area contributed by atoms with Crippen molar-refractivity contribution in [3.8, 4) is 0 Å². The van der Waals surface area contributed by atoms with Crippen LogP contribution in [0.15, 0.2) is 102 Å². The summed E-state index contributed by atoms with van der Waals surface area (Å²) in [6.45, 7) is 5.47. The molecule has 3 aromatic carbocycles. The Morgan fingerprint density at radius 1 is 0.788 bits per heavy atom. The number of nitrogens with zero attached hydrogens (tertiary/aromatic N) is 3. The van der Waals surface area contributed by atoms with Crippen LogP contribution in [0.5, 0.6) is 0 Å². The summed E-state index contributed by atoms with van der Waals surface area (Å²) in [6.07, 6.45) is 1.21. The molecule has 0 bridgehead atoms. The fraction of sp³-hybridized carbons (Fsp3) is 0.192. The van der Waals surface area contributed by atoms with E-state index in [9.17, 15) is 4.79 Å². The highest BCUT2D eigenvalue weighted by Crippen LogP contribution is 2.65. The van der Waals surface area contributed by atoms with Crippen molar-refractivity contribution in [1.29, 1.82) is 0 Å². The number of carbonyl (C=O) groups is 1. The zero-order valence-electron chi connectivity index (χ0n) is 18.2. The topological polar surface area (TPSA) is 43.9 Å². The van der Waals surface area contributed by atoms with Crippen molar-refractivity contribution >= 4 is 46.3 Å². The van der Waals surface area contributed by atoms with E-state index in [1.165, 1.54) is 0 Å². The monoisotopic (exact) mass is 521 g/mol. The number of allylic oxidation sites excluding steroid dienone is 1. The Kier molecular flexibility index (Phi) is 5.90. The maximum absolute atomic E-state index is 15.2. The molecule has 3 aromatic rings. The van der Waals surface area contributed by atoms with Gasteiger partial charge in [-0.15, -0.1) is 0 Å². The van der Waals surface area contributed by atoms with Gasteiger partial charge in [-0.3, -0.25) is 14.3 Å². The van der Waals surface area contributed by atoms with E-state index in [0.717, 1.165) is 28.0 Å². The van der Waals surface area contributed by atoms with Crippen molar-refractivity contribution in [2.45, 2.75) is 18.5 Å². The minimum atomic E-state index is -3.38. The predicted molar refractivity (Wildman–Crippen MR) is 139 cm³/mol. The van der Waals surface area contributed by atoms with Crippen molar-refractivity contribution < 1.29 is 9.36 Å². The molecule has 0 N–H and O–H groups in total. The highest BCUT2D eigenvalue weighted by atomic mass is 79.9. The van der Waals surface area contributed by atoms with E-state index >= 15 is 4.57 Å². The van der Waals surface area contributed by atoms with Crippen LogP contribution in [0.4, 0.5) is 17.1 Å². The third-order valence-corrected chi connectivity index (χ3v) is 10.3. The first-order valence-corrected chi connectivity index (χ1v) is 13.5. The van der Waals surface area contributed by atoms with Gasteiger partial charge in [0.15, 0.2) is 0 Å². The van der Waals surface area contributed by atoms with Crippen molar-refractivity contribution in [3.63, 3.8) is 0 Å². The fourth-order valence-electron chi connectivity index (χ4n) is 4.78. The lowest BCUT2D eigenvalue weighted by atomic mass is 10.3. The van der Waals surface area contributed by atoms with E-state index in [4.69, 9.17) is 0 Å². The largest absolute Gasteiger partial charge is 0.306 e. The molecule has 2 aliphatic rings. The molecule has 0 aromatic heterocycles. The number of carbonyl (C=O) groups excluding carboxylic acids is 1. The number of halogens is 1. The van der Waals surface area contributed by atoms with Gasteiger partial charge in [-0.25, -0.2) is 0 Å². The van der Waals surface area contributed by atoms with E-state index < -0.39 is 13.1 Å². The molecule has 2 saturated heterocycles. The van der Waals surface area contributed by atoms with Gasteiger partial charge in [-0.05, 0) is 55.0 Å². The second-order valence-electron chi connectivity index (χ2n) is 8.30. The van der Waals surface area contributed by atoms with Gasteiger partial charge in [-0.2, -0.15) is 0 Å². The van der Waals surface area contributed by atoms with Gasteiger partial charge in [0.05, 0.1) is 0 Å².